The van der Waals surface area contributed by atoms with Crippen molar-refractivity contribution in [2.45, 2.75) is 6.18 Å². The SMILES string of the molecule is C=C(C(=O)N(C)c1ccc(Br)cc1)C(F)(F)F. The third-order valence-electron chi connectivity index (χ3n) is 2.12. The van der Waals surface area contributed by atoms with Gasteiger partial charge in [0.15, 0.2) is 0 Å². The minimum atomic E-state index is -4.71. The molecule has 0 spiro atoms. The van der Waals surface area contributed by atoms with Crippen molar-refractivity contribution in [2.75, 3.05) is 11.9 Å². The van der Waals surface area contributed by atoms with Crippen molar-refractivity contribution in [1.82, 2.24) is 0 Å². The lowest BCUT2D eigenvalue weighted by Gasteiger charge is -2.19. The maximum absolute atomic E-state index is 12.3. The molecule has 6 heteroatoms. The second-order valence-electron chi connectivity index (χ2n) is 3.32. The molecule has 0 aliphatic carbocycles. The molecule has 92 valence electrons. The first-order chi connectivity index (χ1) is 7.73. The molecule has 1 amide bonds. The van der Waals surface area contributed by atoms with Gasteiger partial charge in [-0.25, -0.2) is 0 Å². The summed E-state index contributed by atoms with van der Waals surface area (Å²) >= 11 is 3.19. The number of nitrogens with zero attached hydrogens (tertiary/aromatic N) is 1. The van der Waals surface area contributed by atoms with E-state index in [1.807, 2.05) is 0 Å². The fourth-order valence-electron chi connectivity index (χ4n) is 1.11. The van der Waals surface area contributed by atoms with Crippen LogP contribution in [0, 0.1) is 0 Å². The van der Waals surface area contributed by atoms with E-state index in [0.717, 1.165) is 9.37 Å². The van der Waals surface area contributed by atoms with Gasteiger partial charge in [-0.05, 0) is 24.3 Å². The molecule has 1 aromatic carbocycles. The van der Waals surface area contributed by atoms with Crippen LogP contribution < -0.4 is 4.90 Å². The minimum absolute atomic E-state index is 0.364. The highest BCUT2D eigenvalue weighted by Gasteiger charge is 2.38. The van der Waals surface area contributed by atoms with Gasteiger partial charge in [0.1, 0.15) is 5.57 Å². The van der Waals surface area contributed by atoms with E-state index in [2.05, 4.69) is 22.5 Å². The zero-order chi connectivity index (χ0) is 13.2. The predicted molar refractivity (Wildman–Crippen MR) is 62.7 cm³/mol. The van der Waals surface area contributed by atoms with Crippen LogP contribution in [-0.2, 0) is 4.79 Å². The van der Waals surface area contributed by atoms with Crippen molar-refractivity contribution in [1.29, 1.82) is 0 Å². The summed E-state index contributed by atoms with van der Waals surface area (Å²) in [5.41, 5.74) is -1.02. The molecule has 0 bridgehead atoms. The number of hydrogen-bond donors (Lipinski definition) is 0. The number of likely N-dealkylation sites (N-methyl/N-ethyl adjacent to an activating group) is 1. The highest BCUT2D eigenvalue weighted by Crippen LogP contribution is 2.27. The van der Waals surface area contributed by atoms with Gasteiger partial charge in [0, 0.05) is 17.2 Å². The third-order valence-corrected chi connectivity index (χ3v) is 2.65. The van der Waals surface area contributed by atoms with Gasteiger partial charge in [0.2, 0.25) is 0 Å². The topological polar surface area (TPSA) is 20.3 Å². The number of alkyl halides is 3. The van der Waals surface area contributed by atoms with Crippen LogP contribution in [0.3, 0.4) is 0 Å². The van der Waals surface area contributed by atoms with E-state index >= 15 is 0 Å². The summed E-state index contributed by atoms with van der Waals surface area (Å²) in [7, 11) is 1.27. The maximum Gasteiger partial charge on any atom is 0.421 e. The van der Waals surface area contributed by atoms with Gasteiger partial charge in [0.25, 0.3) is 5.91 Å². The van der Waals surface area contributed by atoms with Crippen LogP contribution in [0.2, 0.25) is 0 Å². The molecular formula is C11H9BrF3NO. The molecule has 0 N–H and O–H groups in total. The predicted octanol–water partition coefficient (Wildman–Crippen LogP) is 3.53. The van der Waals surface area contributed by atoms with Gasteiger partial charge in [0.05, 0.1) is 0 Å². The van der Waals surface area contributed by atoms with Gasteiger partial charge in [-0.1, -0.05) is 22.5 Å². The number of halogens is 4. The molecule has 0 aromatic heterocycles. The molecule has 0 fully saturated rings. The molecule has 0 saturated carbocycles. The number of carbonyl (C=O) groups is 1. The minimum Gasteiger partial charge on any atom is -0.311 e. The second-order valence-corrected chi connectivity index (χ2v) is 4.23. The lowest BCUT2D eigenvalue weighted by atomic mass is 10.2. The van der Waals surface area contributed by atoms with E-state index in [0.29, 0.717) is 5.69 Å². The quantitative estimate of drug-likeness (QED) is 0.765. The smallest absolute Gasteiger partial charge is 0.311 e. The van der Waals surface area contributed by atoms with E-state index in [1.54, 1.807) is 12.1 Å². The summed E-state index contributed by atoms with van der Waals surface area (Å²) in [6, 6.07) is 6.34. The van der Waals surface area contributed by atoms with Crippen LogP contribution in [0.1, 0.15) is 0 Å². The average Bonchev–Trinajstić information content (AvgIpc) is 2.26. The van der Waals surface area contributed by atoms with Crippen LogP contribution in [0.5, 0.6) is 0 Å². The Morgan fingerprint density at radius 3 is 2.18 bits per heavy atom. The molecule has 17 heavy (non-hydrogen) atoms. The molecule has 0 aliphatic rings. The molecule has 0 heterocycles. The Balaban J connectivity index is 2.91. The molecule has 0 unspecified atom stereocenters. The molecule has 0 radical (unpaired) electrons. The van der Waals surface area contributed by atoms with E-state index < -0.39 is 17.7 Å². The molecule has 0 aliphatic heterocycles. The standard InChI is InChI=1S/C11H9BrF3NO/c1-7(11(13,14)15)10(17)16(2)9-5-3-8(12)4-6-9/h3-6H,1H2,2H3. The number of anilines is 1. The van der Waals surface area contributed by atoms with Crippen LogP contribution in [0.4, 0.5) is 18.9 Å². The first-order valence-corrected chi connectivity index (χ1v) is 5.32. The lowest BCUT2D eigenvalue weighted by molar-refractivity contribution is -0.128. The van der Waals surface area contributed by atoms with Gasteiger partial charge in [-0.2, -0.15) is 13.2 Å². The van der Waals surface area contributed by atoms with E-state index in [1.165, 1.54) is 19.2 Å². The normalized spacial score (nSPS) is 11.1. The third kappa shape index (κ3) is 3.33. The molecular weight excluding hydrogens is 299 g/mol. The first-order valence-electron chi connectivity index (χ1n) is 4.53. The Kier molecular flexibility index (Phi) is 3.98. The van der Waals surface area contributed by atoms with Crippen molar-refractivity contribution in [2.24, 2.45) is 0 Å². The van der Waals surface area contributed by atoms with E-state index in [9.17, 15) is 18.0 Å². The highest BCUT2D eigenvalue weighted by molar-refractivity contribution is 9.10. The van der Waals surface area contributed by atoms with Crippen LogP contribution in [0.25, 0.3) is 0 Å². The van der Waals surface area contributed by atoms with Crippen molar-refractivity contribution in [3.05, 3.63) is 40.9 Å². The Labute approximate surface area is 105 Å². The summed E-state index contributed by atoms with van der Waals surface area (Å²) in [4.78, 5) is 12.4. The van der Waals surface area contributed by atoms with E-state index in [4.69, 9.17) is 0 Å². The summed E-state index contributed by atoms with van der Waals surface area (Å²) in [6.07, 6.45) is -4.71. The highest BCUT2D eigenvalue weighted by atomic mass is 79.9. The van der Waals surface area contributed by atoms with Crippen LogP contribution in [-0.4, -0.2) is 19.1 Å². The van der Waals surface area contributed by atoms with E-state index in [-0.39, 0.29) is 0 Å². The largest absolute Gasteiger partial charge is 0.421 e. The Hall–Kier alpha value is -1.30. The van der Waals surface area contributed by atoms with Gasteiger partial charge in [-0.3, -0.25) is 4.79 Å². The van der Waals surface area contributed by atoms with Crippen molar-refractivity contribution in [3.63, 3.8) is 0 Å². The van der Waals surface area contributed by atoms with Gasteiger partial charge < -0.3 is 4.90 Å². The second kappa shape index (κ2) is 4.91. The number of rotatable bonds is 2. The van der Waals surface area contributed by atoms with Crippen molar-refractivity contribution < 1.29 is 18.0 Å². The van der Waals surface area contributed by atoms with Crippen molar-refractivity contribution >= 4 is 27.5 Å². The molecule has 1 rings (SSSR count). The molecule has 0 saturated heterocycles. The number of benzene rings is 1. The fourth-order valence-corrected chi connectivity index (χ4v) is 1.37. The monoisotopic (exact) mass is 307 g/mol. The average molecular weight is 308 g/mol. The van der Waals surface area contributed by atoms with Gasteiger partial charge in [-0.15, -0.1) is 0 Å². The molecule has 0 atom stereocenters. The summed E-state index contributed by atoms with van der Waals surface area (Å²) in [5, 5.41) is 0. The maximum atomic E-state index is 12.3. The first kappa shape index (κ1) is 13.8. The lowest BCUT2D eigenvalue weighted by Crippen LogP contribution is -2.33. The zero-order valence-electron chi connectivity index (χ0n) is 8.88. The van der Waals surface area contributed by atoms with Crippen molar-refractivity contribution in [3.8, 4) is 0 Å². The Morgan fingerprint density at radius 1 is 1.29 bits per heavy atom. The van der Waals surface area contributed by atoms with Crippen LogP contribution >= 0.6 is 15.9 Å². The summed E-state index contributed by atoms with van der Waals surface area (Å²) in [5.74, 6) is -1.17. The summed E-state index contributed by atoms with van der Waals surface area (Å²) in [6.45, 7) is 2.76. The number of amides is 1. The number of carbonyl (C=O) groups excluding carboxylic acids is 1. The summed E-state index contributed by atoms with van der Waals surface area (Å²) < 4.78 is 37.6. The molecule has 1 aromatic rings. The van der Waals surface area contributed by atoms with Gasteiger partial charge >= 0.3 is 6.18 Å². The Bertz CT molecular complexity index is 439. The zero-order valence-corrected chi connectivity index (χ0v) is 10.5. The Morgan fingerprint density at radius 2 is 1.76 bits per heavy atom. The van der Waals surface area contributed by atoms with Crippen LogP contribution in [0.15, 0.2) is 40.9 Å². The molecule has 2 nitrogen and oxygen atoms in total. The number of hydrogen-bond acceptors (Lipinski definition) is 1. The fraction of sp³-hybridized carbons (Fsp3) is 0.182.